The maximum absolute atomic E-state index is 7.68. The maximum atomic E-state index is 7.68. The largest absolute Gasteiger partial charge is 0.457 e. The average molecular weight is 470 g/mol. The van der Waals surface area contributed by atoms with Crippen LogP contribution in [0.5, 0.6) is 11.5 Å². The minimum Gasteiger partial charge on any atom is -0.457 e. The van der Waals surface area contributed by atoms with Gasteiger partial charge in [0.1, 0.15) is 22.7 Å². The van der Waals surface area contributed by atoms with Gasteiger partial charge in [-0.25, -0.2) is 0 Å². The average Bonchev–Trinajstić information content (AvgIpc) is 3.31. The van der Waals surface area contributed by atoms with Crippen LogP contribution in [-0.4, -0.2) is 9.97 Å². The lowest BCUT2D eigenvalue weighted by molar-refractivity contribution is 0.483. The van der Waals surface area contributed by atoms with Crippen LogP contribution in [0, 0.1) is 13.8 Å². The number of furan rings is 1. The fraction of sp³-hybridized carbons (Fsp3) is 0.0625. The lowest BCUT2D eigenvalue weighted by Gasteiger charge is -2.10. The summed E-state index contributed by atoms with van der Waals surface area (Å²) in [6.07, 6.45) is 3.32. The number of para-hydroxylation sites is 1. The van der Waals surface area contributed by atoms with E-state index in [0.717, 1.165) is 49.2 Å². The standard InChI is InChI=1S/C32H22N2O2/c1-19-14-29(33-17-20(19)2)22-6-5-7-23(15-22)35-24-12-10-21-11-13-26-31(27(21)16-24)34-18-28-25-8-3-4-9-30(25)36-32(26)28/h3-18H,1-2H3/i2D3. The van der Waals surface area contributed by atoms with Gasteiger partial charge < -0.3 is 9.15 Å². The van der Waals surface area contributed by atoms with E-state index >= 15 is 0 Å². The molecule has 0 radical (unpaired) electrons. The van der Waals surface area contributed by atoms with Crippen LogP contribution < -0.4 is 4.74 Å². The Hall–Kier alpha value is -4.70. The van der Waals surface area contributed by atoms with Crippen LogP contribution in [0.3, 0.4) is 0 Å². The van der Waals surface area contributed by atoms with Crippen LogP contribution in [0.4, 0.5) is 0 Å². The van der Waals surface area contributed by atoms with Gasteiger partial charge in [-0.1, -0.05) is 42.5 Å². The van der Waals surface area contributed by atoms with E-state index in [2.05, 4.69) is 23.2 Å². The van der Waals surface area contributed by atoms with Crippen molar-refractivity contribution in [2.45, 2.75) is 13.8 Å². The summed E-state index contributed by atoms with van der Waals surface area (Å²) in [5.74, 6) is 1.33. The highest BCUT2D eigenvalue weighted by molar-refractivity contribution is 6.18. The van der Waals surface area contributed by atoms with Crippen molar-refractivity contribution in [3.05, 3.63) is 108 Å². The summed E-state index contributed by atoms with van der Waals surface area (Å²) in [6, 6.07) is 27.5. The van der Waals surface area contributed by atoms with E-state index in [1.54, 1.807) is 13.0 Å². The van der Waals surface area contributed by atoms with Gasteiger partial charge in [-0.05, 0) is 72.8 Å². The minimum atomic E-state index is -2.19. The molecule has 0 bridgehead atoms. The predicted molar refractivity (Wildman–Crippen MR) is 146 cm³/mol. The van der Waals surface area contributed by atoms with Crippen molar-refractivity contribution in [2.75, 3.05) is 0 Å². The molecule has 3 aromatic heterocycles. The molecule has 0 fully saturated rings. The van der Waals surface area contributed by atoms with Crippen LogP contribution in [0.2, 0.25) is 0 Å². The van der Waals surface area contributed by atoms with Crippen molar-refractivity contribution in [3.63, 3.8) is 0 Å². The summed E-state index contributed by atoms with van der Waals surface area (Å²) >= 11 is 0. The molecule has 0 saturated carbocycles. The Kier molecular flexibility index (Phi) is 3.89. The lowest BCUT2D eigenvalue weighted by atomic mass is 10.0. The van der Waals surface area contributed by atoms with E-state index in [1.807, 2.05) is 66.9 Å². The first kappa shape index (κ1) is 17.7. The van der Waals surface area contributed by atoms with E-state index in [0.29, 0.717) is 22.8 Å². The van der Waals surface area contributed by atoms with E-state index in [4.69, 9.17) is 18.3 Å². The Bertz CT molecular complexity index is 2060. The zero-order valence-corrected chi connectivity index (χ0v) is 19.4. The number of rotatable bonds is 3. The molecule has 3 heterocycles. The van der Waals surface area contributed by atoms with Crippen molar-refractivity contribution in [2.24, 2.45) is 0 Å². The fourth-order valence-corrected chi connectivity index (χ4v) is 4.76. The van der Waals surface area contributed by atoms with Crippen molar-refractivity contribution in [1.82, 2.24) is 9.97 Å². The van der Waals surface area contributed by atoms with E-state index < -0.39 is 6.85 Å². The number of fused-ring (bicyclic) bond motifs is 7. The fourth-order valence-electron chi connectivity index (χ4n) is 4.76. The minimum absolute atomic E-state index is 0.260. The highest BCUT2D eigenvalue weighted by Crippen LogP contribution is 2.37. The number of pyridine rings is 2. The molecular weight excluding hydrogens is 444 g/mol. The zero-order valence-electron chi connectivity index (χ0n) is 22.4. The second kappa shape index (κ2) is 7.92. The number of ether oxygens (including phenoxy) is 1. The molecule has 0 N–H and O–H groups in total. The third-order valence-electron chi connectivity index (χ3n) is 6.64. The third kappa shape index (κ3) is 3.30. The zero-order chi connectivity index (χ0) is 26.7. The number of benzene rings is 4. The van der Waals surface area contributed by atoms with Gasteiger partial charge in [0.05, 0.1) is 11.2 Å². The molecule has 0 spiro atoms. The molecule has 172 valence electrons. The van der Waals surface area contributed by atoms with Crippen LogP contribution in [0.1, 0.15) is 15.2 Å². The van der Waals surface area contributed by atoms with Gasteiger partial charge in [0.2, 0.25) is 0 Å². The summed E-state index contributed by atoms with van der Waals surface area (Å²) in [4.78, 5) is 9.24. The Morgan fingerprint density at radius 1 is 0.722 bits per heavy atom. The van der Waals surface area contributed by atoms with Crippen molar-refractivity contribution in [3.8, 4) is 22.8 Å². The Labute approximate surface area is 212 Å². The van der Waals surface area contributed by atoms with Crippen LogP contribution in [0.15, 0.2) is 102 Å². The van der Waals surface area contributed by atoms with Crippen molar-refractivity contribution in [1.29, 1.82) is 0 Å². The van der Waals surface area contributed by atoms with Gasteiger partial charge in [-0.3, -0.25) is 9.97 Å². The first-order valence-electron chi connectivity index (χ1n) is 13.2. The monoisotopic (exact) mass is 469 g/mol. The molecule has 0 atom stereocenters. The summed E-state index contributed by atoms with van der Waals surface area (Å²) in [5.41, 5.74) is 5.00. The van der Waals surface area contributed by atoms with Crippen molar-refractivity contribution < 1.29 is 13.3 Å². The number of hydrogen-bond donors (Lipinski definition) is 0. The van der Waals surface area contributed by atoms with E-state index in [-0.39, 0.29) is 5.56 Å². The molecule has 7 aromatic rings. The van der Waals surface area contributed by atoms with Crippen LogP contribution in [0.25, 0.3) is 54.9 Å². The maximum Gasteiger partial charge on any atom is 0.146 e. The summed E-state index contributed by atoms with van der Waals surface area (Å²) in [5, 5.41) is 5.04. The molecule has 0 aliphatic carbocycles. The normalized spacial score (nSPS) is 13.2. The molecule has 7 rings (SSSR count). The summed E-state index contributed by atoms with van der Waals surface area (Å²) < 4.78 is 35.5. The first-order chi connectivity index (χ1) is 18.8. The Balaban J connectivity index is 1.27. The second-order valence-corrected chi connectivity index (χ2v) is 8.96. The van der Waals surface area contributed by atoms with E-state index in [1.165, 1.54) is 6.20 Å². The highest BCUT2D eigenvalue weighted by atomic mass is 16.5. The van der Waals surface area contributed by atoms with Gasteiger partial charge in [-0.2, -0.15) is 0 Å². The van der Waals surface area contributed by atoms with Gasteiger partial charge in [-0.15, -0.1) is 0 Å². The number of nitrogens with zero attached hydrogens (tertiary/aromatic N) is 2. The smallest absolute Gasteiger partial charge is 0.146 e. The van der Waals surface area contributed by atoms with Crippen LogP contribution >= 0.6 is 0 Å². The van der Waals surface area contributed by atoms with Gasteiger partial charge >= 0.3 is 0 Å². The number of aryl methyl sites for hydroxylation is 2. The molecule has 36 heavy (non-hydrogen) atoms. The second-order valence-electron chi connectivity index (χ2n) is 8.96. The van der Waals surface area contributed by atoms with Gasteiger partial charge in [0.15, 0.2) is 0 Å². The highest BCUT2D eigenvalue weighted by Gasteiger charge is 2.13. The lowest BCUT2D eigenvalue weighted by Crippen LogP contribution is -1.90. The SMILES string of the molecule is [2H]C([2H])([2H])c1cnc(-c2cccc(Oc3ccc4ccc5c(ncc6c7ccccc7oc65)c4c3)c2)cc1C. The van der Waals surface area contributed by atoms with Crippen molar-refractivity contribution >= 4 is 43.6 Å². The van der Waals surface area contributed by atoms with Crippen LogP contribution in [-0.2, 0) is 0 Å². The molecule has 0 aliphatic heterocycles. The number of hydrogen-bond acceptors (Lipinski definition) is 4. The molecule has 0 aliphatic rings. The molecule has 0 unspecified atom stereocenters. The molecule has 0 saturated heterocycles. The predicted octanol–water partition coefficient (Wildman–Crippen LogP) is 8.76. The molecule has 4 nitrogen and oxygen atoms in total. The molecule has 0 amide bonds. The Morgan fingerprint density at radius 2 is 1.61 bits per heavy atom. The summed E-state index contributed by atoms with van der Waals surface area (Å²) in [7, 11) is 0. The summed E-state index contributed by atoms with van der Waals surface area (Å²) in [6.45, 7) is -0.397. The van der Waals surface area contributed by atoms with E-state index in [9.17, 15) is 0 Å². The number of aromatic nitrogens is 2. The molecule has 4 heteroatoms. The van der Waals surface area contributed by atoms with Gasteiger partial charge in [0, 0.05) is 43.6 Å². The first-order valence-corrected chi connectivity index (χ1v) is 11.7. The molecule has 4 aromatic carbocycles. The van der Waals surface area contributed by atoms with Gasteiger partial charge in [0.25, 0.3) is 0 Å². The molecular formula is C32H22N2O2. The third-order valence-corrected chi connectivity index (χ3v) is 6.64. The quantitative estimate of drug-likeness (QED) is 0.243. The Morgan fingerprint density at radius 3 is 2.53 bits per heavy atom. The topological polar surface area (TPSA) is 48.2 Å².